The maximum absolute atomic E-state index is 6.30. The number of thioether (sulfide) groups is 1. The SMILES string of the molecule is CCC(N)C(Sc1nccc(C)n1)c1ccc(OC)cc1. The van der Waals surface area contributed by atoms with Gasteiger partial charge in [0.1, 0.15) is 5.75 Å². The average molecular weight is 303 g/mol. The summed E-state index contributed by atoms with van der Waals surface area (Å²) in [6.07, 6.45) is 2.68. The Balaban J connectivity index is 2.25. The van der Waals surface area contributed by atoms with Crippen LogP contribution < -0.4 is 10.5 Å². The van der Waals surface area contributed by atoms with Crippen LogP contribution in [-0.2, 0) is 0 Å². The van der Waals surface area contributed by atoms with E-state index in [2.05, 4.69) is 29.0 Å². The zero-order valence-electron chi connectivity index (χ0n) is 12.6. The van der Waals surface area contributed by atoms with Gasteiger partial charge in [-0.05, 0) is 37.1 Å². The molecule has 2 N–H and O–H groups in total. The highest BCUT2D eigenvalue weighted by Crippen LogP contribution is 2.36. The second-order valence-electron chi connectivity index (χ2n) is 4.86. The highest BCUT2D eigenvalue weighted by atomic mass is 32.2. The van der Waals surface area contributed by atoms with Gasteiger partial charge >= 0.3 is 0 Å². The highest BCUT2D eigenvalue weighted by Gasteiger charge is 2.21. The quantitative estimate of drug-likeness (QED) is 0.655. The van der Waals surface area contributed by atoms with Crippen molar-refractivity contribution in [2.75, 3.05) is 7.11 Å². The Bertz CT molecular complexity index is 574. The number of benzene rings is 1. The standard InChI is InChI=1S/C16H21N3OS/c1-4-14(17)15(12-5-7-13(20-3)8-6-12)21-16-18-10-9-11(2)19-16/h5-10,14-15H,4,17H2,1-3H3. The molecule has 0 radical (unpaired) electrons. The minimum Gasteiger partial charge on any atom is -0.497 e. The minimum absolute atomic E-state index is 0.0486. The Morgan fingerprint density at radius 1 is 1.24 bits per heavy atom. The molecule has 2 aromatic rings. The highest BCUT2D eigenvalue weighted by molar-refractivity contribution is 7.99. The fourth-order valence-corrected chi connectivity index (χ4v) is 3.21. The zero-order valence-corrected chi connectivity index (χ0v) is 13.4. The van der Waals surface area contributed by atoms with Gasteiger partial charge in [-0.3, -0.25) is 0 Å². The number of hydrogen-bond donors (Lipinski definition) is 1. The molecule has 0 aliphatic carbocycles. The predicted octanol–water partition coefficient (Wildman–Crippen LogP) is 3.36. The van der Waals surface area contributed by atoms with E-state index in [0.29, 0.717) is 0 Å². The molecule has 0 aliphatic heterocycles. The van der Waals surface area contributed by atoms with E-state index >= 15 is 0 Å². The van der Waals surface area contributed by atoms with Crippen molar-refractivity contribution in [1.29, 1.82) is 0 Å². The molecule has 0 aliphatic rings. The molecule has 0 spiro atoms. The Morgan fingerprint density at radius 3 is 2.52 bits per heavy atom. The number of rotatable bonds is 6. The van der Waals surface area contributed by atoms with Crippen molar-refractivity contribution in [3.05, 3.63) is 47.8 Å². The Hall–Kier alpha value is -1.59. The molecule has 0 bridgehead atoms. The maximum atomic E-state index is 6.30. The van der Waals surface area contributed by atoms with E-state index in [-0.39, 0.29) is 11.3 Å². The minimum atomic E-state index is 0.0486. The first kappa shape index (κ1) is 15.8. The van der Waals surface area contributed by atoms with Crippen molar-refractivity contribution in [2.45, 2.75) is 36.7 Å². The van der Waals surface area contributed by atoms with Crippen LogP contribution in [-0.4, -0.2) is 23.1 Å². The van der Waals surface area contributed by atoms with Gasteiger partial charge in [-0.1, -0.05) is 30.8 Å². The van der Waals surface area contributed by atoms with Gasteiger partial charge in [0, 0.05) is 17.9 Å². The van der Waals surface area contributed by atoms with E-state index in [0.717, 1.165) is 23.0 Å². The van der Waals surface area contributed by atoms with E-state index in [4.69, 9.17) is 10.5 Å². The molecule has 0 saturated carbocycles. The van der Waals surface area contributed by atoms with Crippen LogP contribution in [0.15, 0.2) is 41.7 Å². The summed E-state index contributed by atoms with van der Waals surface area (Å²) in [6.45, 7) is 4.06. The number of ether oxygens (including phenoxy) is 1. The number of aromatic nitrogens is 2. The van der Waals surface area contributed by atoms with Crippen molar-refractivity contribution in [2.24, 2.45) is 5.73 Å². The lowest BCUT2D eigenvalue weighted by molar-refractivity contribution is 0.414. The number of nitrogens with zero attached hydrogens (tertiary/aromatic N) is 2. The third kappa shape index (κ3) is 4.19. The lowest BCUT2D eigenvalue weighted by atomic mass is 10.0. The first-order valence-corrected chi connectivity index (χ1v) is 7.87. The first-order chi connectivity index (χ1) is 10.1. The summed E-state index contributed by atoms with van der Waals surface area (Å²) in [4.78, 5) is 8.79. The molecule has 0 amide bonds. The largest absolute Gasteiger partial charge is 0.497 e. The third-order valence-corrected chi connectivity index (χ3v) is 4.59. The molecule has 0 fully saturated rings. The normalized spacial score (nSPS) is 13.7. The molecule has 1 aromatic heterocycles. The molecule has 2 atom stereocenters. The number of nitrogens with two attached hydrogens (primary N) is 1. The van der Waals surface area contributed by atoms with Gasteiger partial charge in [0.15, 0.2) is 5.16 Å². The Labute approximate surface area is 130 Å². The van der Waals surface area contributed by atoms with Gasteiger partial charge in [-0.25, -0.2) is 9.97 Å². The zero-order chi connectivity index (χ0) is 15.2. The van der Waals surface area contributed by atoms with Crippen molar-refractivity contribution in [1.82, 2.24) is 9.97 Å². The molecule has 112 valence electrons. The monoisotopic (exact) mass is 303 g/mol. The summed E-state index contributed by atoms with van der Waals surface area (Å²) in [5.74, 6) is 0.847. The second-order valence-corrected chi connectivity index (χ2v) is 5.97. The van der Waals surface area contributed by atoms with Gasteiger partial charge < -0.3 is 10.5 Å². The van der Waals surface area contributed by atoms with Crippen LogP contribution in [0, 0.1) is 6.92 Å². The molecular formula is C16H21N3OS. The molecule has 2 unspecified atom stereocenters. The molecule has 1 aromatic carbocycles. The third-order valence-electron chi connectivity index (χ3n) is 3.31. The summed E-state index contributed by atoms with van der Waals surface area (Å²) in [6, 6.07) is 9.98. The van der Waals surface area contributed by atoms with E-state index in [9.17, 15) is 0 Å². The van der Waals surface area contributed by atoms with Crippen molar-refractivity contribution < 1.29 is 4.74 Å². The summed E-state index contributed by atoms with van der Waals surface area (Å²) < 4.78 is 5.21. The maximum Gasteiger partial charge on any atom is 0.188 e. The topological polar surface area (TPSA) is 61.0 Å². The first-order valence-electron chi connectivity index (χ1n) is 7.00. The Kier molecular flexibility index (Phi) is 5.59. The molecular weight excluding hydrogens is 282 g/mol. The summed E-state index contributed by atoms with van der Waals surface area (Å²) in [7, 11) is 1.67. The van der Waals surface area contributed by atoms with Gasteiger partial charge in [-0.2, -0.15) is 0 Å². The molecule has 2 rings (SSSR count). The van der Waals surface area contributed by atoms with Crippen molar-refractivity contribution in [3.63, 3.8) is 0 Å². The van der Waals surface area contributed by atoms with Crippen LogP contribution >= 0.6 is 11.8 Å². The summed E-state index contributed by atoms with van der Waals surface area (Å²) in [5, 5.41) is 0.891. The van der Waals surface area contributed by atoms with Crippen LogP contribution in [0.2, 0.25) is 0 Å². The van der Waals surface area contributed by atoms with Gasteiger partial charge in [0.2, 0.25) is 0 Å². The molecule has 1 heterocycles. The number of aryl methyl sites for hydroxylation is 1. The van der Waals surface area contributed by atoms with Crippen molar-refractivity contribution >= 4 is 11.8 Å². The van der Waals surface area contributed by atoms with E-state index in [1.54, 1.807) is 25.1 Å². The Morgan fingerprint density at radius 2 is 1.95 bits per heavy atom. The molecule has 0 saturated heterocycles. The lowest BCUT2D eigenvalue weighted by Crippen LogP contribution is -2.25. The molecule has 5 heteroatoms. The molecule has 4 nitrogen and oxygen atoms in total. The van der Waals surface area contributed by atoms with Gasteiger partial charge in [0.25, 0.3) is 0 Å². The average Bonchev–Trinajstić information content (AvgIpc) is 2.52. The fraction of sp³-hybridized carbons (Fsp3) is 0.375. The van der Waals surface area contributed by atoms with Crippen molar-refractivity contribution in [3.8, 4) is 5.75 Å². The summed E-state index contributed by atoms with van der Waals surface area (Å²) in [5.41, 5.74) is 8.43. The van der Waals surface area contributed by atoms with Crippen LogP contribution in [0.1, 0.15) is 29.9 Å². The smallest absolute Gasteiger partial charge is 0.188 e. The number of hydrogen-bond acceptors (Lipinski definition) is 5. The fourth-order valence-electron chi connectivity index (χ4n) is 2.01. The van der Waals surface area contributed by atoms with Gasteiger partial charge in [0.05, 0.1) is 12.4 Å². The van der Waals surface area contributed by atoms with Crippen LogP contribution in [0.4, 0.5) is 0 Å². The van der Waals surface area contributed by atoms with Crippen LogP contribution in [0.5, 0.6) is 5.75 Å². The predicted molar refractivity (Wildman–Crippen MR) is 86.6 cm³/mol. The summed E-state index contributed by atoms with van der Waals surface area (Å²) >= 11 is 1.61. The van der Waals surface area contributed by atoms with E-state index in [1.165, 1.54) is 5.56 Å². The molecule has 21 heavy (non-hydrogen) atoms. The van der Waals surface area contributed by atoms with Gasteiger partial charge in [-0.15, -0.1) is 0 Å². The number of methoxy groups -OCH3 is 1. The lowest BCUT2D eigenvalue weighted by Gasteiger charge is -2.22. The van der Waals surface area contributed by atoms with Crippen LogP contribution in [0.3, 0.4) is 0 Å². The van der Waals surface area contributed by atoms with Crippen LogP contribution in [0.25, 0.3) is 0 Å². The second kappa shape index (κ2) is 7.43. The van der Waals surface area contributed by atoms with E-state index < -0.39 is 0 Å². The van der Waals surface area contributed by atoms with E-state index in [1.807, 2.05) is 25.1 Å².